The number of ether oxygens (including phenoxy) is 1. The molecule has 1 aromatic carbocycles. The van der Waals surface area contributed by atoms with Crippen molar-refractivity contribution in [3.8, 4) is 5.75 Å². The molecule has 1 amide bonds. The Bertz CT molecular complexity index is 408. The van der Waals surface area contributed by atoms with Gasteiger partial charge >= 0.3 is 0 Å². The van der Waals surface area contributed by atoms with Gasteiger partial charge in [0.25, 0.3) is 0 Å². The molecule has 3 rings (SSSR count). The van der Waals surface area contributed by atoms with Gasteiger partial charge in [-0.1, -0.05) is 18.2 Å². The molecule has 0 radical (unpaired) electrons. The molecule has 0 spiro atoms. The molecule has 0 aliphatic carbocycles. The molecule has 1 saturated heterocycles. The van der Waals surface area contributed by atoms with Crippen molar-refractivity contribution < 1.29 is 9.53 Å². The van der Waals surface area contributed by atoms with Crippen LogP contribution in [0.1, 0.15) is 5.56 Å². The van der Waals surface area contributed by atoms with Crippen molar-refractivity contribution in [1.82, 2.24) is 10.2 Å². The molecule has 2 heterocycles. The van der Waals surface area contributed by atoms with Crippen LogP contribution in [-0.2, 0) is 11.2 Å². The number of nitrogens with one attached hydrogen (secondary N) is 1. The number of carbonyl (C=O) groups excluding carboxylic acids is 1. The standard InChI is InChI=1S/C13H16N2O2/c16-13-8-14-5-6-15(13)9-11-7-10-3-1-2-4-12(10)17-11/h1-4,11,14H,5-9H2. The van der Waals surface area contributed by atoms with Gasteiger partial charge in [0.15, 0.2) is 0 Å². The predicted octanol–water partition coefficient (Wildman–Crippen LogP) is 0.422. The molecule has 1 fully saturated rings. The summed E-state index contributed by atoms with van der Waals surface area (Å²) in [7, 11) is 0. The van der Waals surface area contributed by atoms with E-state index in [0.717, 1.165) is 25.3 Å². The van der Waals surface area contributed by atoms with Crippen molar-refractivity contribution in [2.24, 2.45) is 0 Å². The third-order valence-electron chi connectivity index (χ3n) is 3.33. The lowest BCUT2D eigenvalue weighted by Crippen LogP contribution is -2.51. The second-order valence-corrected chi connectivity index (χ2v) is 4.57. The smallest absolute Gasteiger partial charge is 0.236 e. The molecule has 4 nitrogen and oxygen atoms in total. The van der Waals surface area contributed by atoms with Crippen molar-refractivity contribution in [1.29, 1.82) is 0 Å². The topological polar surface area (TPSA) is 41.6 Å². The lowest BCUT2D eigenvalue weighted by Gasteiger charge is -2.29. The van der Waals surface area contributed by atoms with Crippen LogP contribution in [0.3, 0.4) is 0 Å². The first-order valence-corrected chi connectivity index (χ1v) is 6.06. The highest BCUT2D eigenvalue weighted by Gasteiger charge is 2.27. The van der Waals surface area contributed by atoms with Crippen molar-refractivity contribution >= 4 is 5.91 Å². The van der Waals surface area contributed by atoms with E-state index in [1.807, 2.05) is 23.1 Å². The minimum absolute atomic E-state index is 0.120. The Hall–Kier alpha value is -1.55. The van der Waals surface area contributed by atoms with E-state index in [4.69, 9.17) is 4.74 Å². The van der Waals surface area contributed by atoms with Gasteiger partial charge in [0, 0.05) is 19.5 Å². The third kappa shape index (κ3) is 2.13. The average Bonchev–Trinajstić information content (AvgIpc) is 2.74. The zero-order valence-corrected chi connectivity index (χ0v) is 9.69. The van der Waals surface area contributed by atoms with E-state index in [9.17, 15) is 4.79 Å². The highest BCUT2D eigenvalue weighted by molar-refractivity contribution is 5.79. The van der Waals surface area contributed by atoms with E-state index < -0.39 is 0 Å². The molecule has 0 bridgehead atoms. The van der Waals surface area contributed by atoms with Crippen LogP contribution in [0.5, 0.6) is 5.75 Å². The zero-order valence-electron chi connectivity index (χ0n) is 9.69. The number of para-hydroxylation sites is 1. The Morgan fingerprint density at radius 1 is 1.41 bits per heavy atom. The number of amides is 1. The van der Waals surface area contributed by atoms with Gasteiger partial charge < -0.3 is 15.0 Å². The van der Waals surface area contributed by atoms with Crippen LogP contribution in [0.2, 0.25) is 0 Å². The van der Waals surface area contributed by atoms with Crippen molar-refractivity contribution in [3.63, 3.8) is 0 Å². The number of fused-ring (bicyclic) bond motifs is 1. The van der Waals surface area contributed by atoms with Crippen molar-refractivity contribution in [2.45, 2.75) is 12.5 Å². The highest BCUT2D eigenvalue weighted by Crippen LogP contribution is 2.28. The molecular formula is C13H16N2O2. The van der Waals surface area contributed by atoms with Crippen molar-refractivity contribution in [2.75, 3.05) is 26.2 Å². The fraction of sp³-hybridized carbons (Fsp3) is 0.462. The molecule has 4 heteroatoms. The van der Waals surface area contributed by atoms with Gasteiger partial charge in [0.2, 0.25) is 5.91 Å². The molecule has 0 saturated carbocycles. The molecule has 2 aliphatic heterocycles. The Labute approximate surface area is 101 Å². The first-order valence-electron chi connectivity index (χ1n) is 6.06. The summed E-state index contributed by atoms with van der Waals surface area (Å²) < 4.78 is 5.84. The summed E-state index contributed by atoms with van der Waals surface area (Å²) in [5.41, 5.74) is 1.25. The monoisotopic (exact) mass is 232 g/mol. The minimum atomic E-state index is 0.120. The fourth-order valence-corrected chi connectivity index (χ4v) is 2.44. The van der Waals surface area contributed by atoms with Gasteiger partial charge in [-0.15, -0.1) is 0 Å². The molecule has 1 unspecified atom stereocenters. The Morgan fingerprint density at radius 3 is 3.12 bits per heavy atom. The number of piperazine rings is 1. The SMILES string of the molecule is O=C1CNCCN1CC1Cc2ccccc2O1. The number of carbonyl (C=O) groups is 1. The Balaban J connectivity index is 1.63. The summed E-state index contributed by atoms with van der Waals surface area (Å²) in [6.45, 7) is 2.83. The number of hydrogen-bond donors (Lipinski definition) is 1. The second-order valence-electron chi connectivity index (χ2n) is 4.57. The van der Waals surface area contributed by atoms with Gasteiger partial charge in [0.05, 0.1) is 13.1 Å². The third-order valence-corrected chi connectivity index (χ3v) is 3.33. The number of rotatable bonds is 2. The fourth-order valence-electron chi connectivity index (χ4n) is 2.44. The van der Waals surface area contributed by atoms with E-state index in [0.29, 0.717) is 13.1 Å². The molecule has 1 atom stereocenters. The minimum Gasteiger partial charge on any atom is -0.488 e. The summed E-state index contributed by atoms with van der Waals surface area (Å²) in [4.78, 5) is 13.6. The molecular weight excluding hydrogens is 216 g/mol. The van der Waals surface area contributed by atoms with Crippen LogP contribution in [-0.4, -0.2) is 43.1 Å². The maximum absolute atomic E-state index is 11.7. The van der Waals surface area contributed by atoms with Gasteiger partial charge in [-0.2, -0.15) is 0 Å². The molecule has 90 valence electrons. The molecule has 0 aromatic heterocycles. The van der Waals surface area contributed by atoms with E-state index in [1.54, 1.807) is 0 Å². The lowest BCUT2D eigenvalue weighted by atomic mass is 10.1. The van der Waals surface area contributed by atoms with Gasteiger partial charge in [-0.25, -0.2) is 0 Å². The summed E-state index contributed by atoms with van der Waals surface area (Å²) in [5.74, 6) is 1.15. The number of hydrogen-bond acceptors (Lipinski definition) is 3. The highest BCUT2D eigenvalue weighted by atomic mass is 16.5. The van der Waals surface area contributed by atoms with E-state index in [-0.39, 0.29) is 12.0 Å². The largest absolute Gasteiger partial charge is 0.488 e. The quantitative estimate of drug-likeness (QED) is 0.803. The van der Waals surface area contributed by atoms with Crippen LogP contribution in [0.15, 0.2) is 24.3 Å². The summed E-state index contributed by atoms with van der Waals surface area (Å²) >= 11 is 0. The normalized spacial score (nSPS) is 23.4. The van der Waals surface area contributed by atoms with E-state index >= 15 is 0 Å². The number of benzene rings is 1. The lowest BCUT2D eigenvalue weighted by molar-refractivity contribution is -0.132. The molecule has 1 N–H and O–H groups in total. The molecule has 1 aromatic rings. The van der Waals surface area contributed by atoms with Crippen LogP contribution in [0, 0.1) is 0 Å². The first-order chi connectivity index (χ1) is 8.33. The summed E-state index contributed by atoms with van der Waals surface area (Å²) in [6, 6.07) is 8.10. The van der Waals surface area contributed by atoms with Crippen LogP contribution in [0.4, 0.5) is 0 Å². The molecule has 2 aliphatic rings. The average molecular weight is 232 g/mol. The maximum atomic E-state index is 11.7. The van der Waals surface area contributed by atoms with Crippen LogP contribution >= 0.6 is 0 Å². The Morgan fingerprint density at radius 2 is 2.29 bits per heavy atom. The second kappa shape index (κ2) is 4.37. The van der Waals surface area contributed by atoms with Crippen LogP contribution in [0.25, 0.3) is 0 Å². The maximum Gasteiger partial charge on any atom is 0.236 e. The van der Waals surface area contributed by atoms with Crippen molar-refractivity contribution in [3.05, 3.63) is 29.8 Å². The van der Waals surface area contributed by atoms with Gasteiger partial charge in [-0.05, 0) is 11.6 Å². The van der Waals surface area contributed by atoms with E-state index in [2.05, 4.69) is 11.4 Å². The Kier molecular flexibility index (Phi) is 2.73. The van der Waals surface area contributed by atoms with E-state index in [1.165, 1.54) is 5.56 Å². The molecule has 17 heavy (non-hydrogen) atoms. The number of nitrogens with zero attached hydrogens (tertiary/aromatic N) is 1. The summed E-state index contributed by atoms with van der Waals surface area (Å²) in [5, 5.41) is 3.07. The predicted molar refractivity (Wildman–Crippen MR) is 64.0 cm³/mol. The van der Waals surface area contributed by atoms with Gasteiger partial charge in [0.1, 0.15) is 11.9 Å². The van der Waals surface area contributed by atoms with Gasteiger partial charge in [-0.3, -0.25) is 4.79 Å². The van der Waals surface area contributed by atoms with Crippen LogP contribution < -0.4 is 10.1 Å². The summed E-state index contributed by atoms with van der Waals surface area (Å²) in [6.07, 6.45) is 1.03. The first kappa shape index (κ1) is 10.6. The zero-order chi connectivity index (χ0) is 11.7.